The lowest BCUT2D eigenvalue weighted by atomic mass is 10.0. The predicted octanol–water partition coefficient (Wildman–Crippen LogP) is 2.58. The molecule has 2 aromatic carbocycles. The number of carbonyl (C=O) groups is 1. The van der Waals surface area contributed by atoms with Crippen LogP contribution in [0.1, 0.15) is 27.6 Å². The van der Waals surface area contributed by atoms with Crippen LogP contribution in [0, 0.1) is 0 Å². The van der Waals surface area contributed by atoms with E-state index in [0.717, 1.165) is 17.4 Å². The molecule has 0 radical (unpaired) electrons. The van der Waals surface area contributed by atoms with E-state index in [1.807, 2.05) is 36.4 Å². The number of carbonyl (C=O) groups excluding carboxylic acids is 1. The van der Waals surface area contributed by atoms with Crippen LogP contribution in [0.3, 0.4) is 0 Å². The molecule has 0 amide bonds. The van der Waals surface area contributed by atoms with Crippen molar-refractivity contribution in [2.24, 2.45) is 0 Å². The van der Waals surface area contributed by atoms with Crippen molar-refractivity contribution >= 4 is 6.29 Å². The summed E-state index contributed by atoms with van der Waals surface area (Å²) >= 11 is 0. The Morgan fingerprint density at radius 1 is 0.938 bits per heavy atom. The van der Waals surface area contributed by atoms with E-state index in [9.17, 15) is 9.90 Å². The number of aldehydes is 1. The monoisotopic (exact) mass is 212 g/mol. The standard InChI is InChI=1S/C14H12O2/c15-10-11-5-4-8-13(9-11)14(16)12-6-2-1-3-7-12/h1-10,14,16H. The zero-order valence-corrected chi connectivity index (χ0v) is 8.71. The van der Waals surface area contributed by atoms with Gasteiger partial charge in [-0.2, -0.15) is 0 Å². The van der Waals surface area contributed by atoms with E-state index in [2.05, 4.69) is 0 Å². The number of aliphatic hydroxyl groups is 1. The van der Waals surface area contributed by atoms with Crippen LogP contribution >= 0.6 is 0 Å². The summed E-state index contributed by atoms with van der Waals surface area (Å²) in [5.41, 5.74) is 2.13. The molecule has 0 saturated heterocycles. The Kier molecular flexibility index (Phi) is 3.13. The molecule has 0 fully saturated rings. The van der Waals surface area contributed by atoms with E-state index in [1.165, 1.54) is 0 Å². The average molecular weight is 212 g/mol. The fourth-order valence-corrected chi connectivity index (χ4v) is 1.63. The molecule has 1 unspecified atom stereocenters. The first kappa shape index (κ1) is 10.6. The van der Waals surface area contributed by atoms with Crippen LogP contribution in [0.4, 0.5) is 0 Å². The highest BCUT2D eigenvalue weighted by Gasteiger charge is 2.09. The predicted molar refractivity (Wildman–Crippen MR) is 62.3 cm³/mol. The molecule has 0 saturated carbocycles. The van der Waals surface area contributed by atoms with Gasteiger partial charge in [0.15, 0.2) is 0 Å². The highest BCUT2D eigenvalue weighted by atomic mass is 16.3. The molecule has 0 aliphatic rings. The number of benzene rings is 2. The molecule has 2 nitrogen and oxygen atoms in total. The topological polar surface area (TPSA) is 37.3 Å². The first-order chi connectivity index (χ1) is 7.81. The van der Waals surface area contributed by atoms with Gasteiger partial charge in [-0.1, -0.05) is 48.5 Å². The van der Waals surface area contributed by atoms with Gasteiger partial charge in [-0.25, -0.2) is 0 Å². The third kappa shape index (κ3) is 2.18. The van der Waals surface area contributed by atoms with Crippen molar-refractivity contribution in [1.29, 1.82) is 0 Å². The molecule has 0 aliphatic carbocycles. The van der Waals surface area contributed by atoms with Gasteiger partial charge in [0, 0.05) is 5.56 Å². The van der Waals surface area contributed by atoms with Crippen molar-refractivity contribution < 1.29 is 9.90 Å². The molecule has 16 heavy (non-hydrogen) atoms. The fourth-order valence-electron chi connectivity index (χ4n) is 1.63. The number of rotatable bonds is 3. The molecule has 0 spiro atoms. The van der Waals surface area contributed by atoms with Gasteiger partial charge in [0.1, 0.15) is 12.4 Å². The van der Waals surface area contributed by atoms with Crippen LogP contribution in [0.2, 0.25) is 0 Å². The molecule has 0 bridgehead atoms. The SMILES string of the molecule is O=Cc1cccc(C(O)c2ccccc2)c1. The summed E-state index contributed by atoms with van der Waals surface area (Å²) in [7, 11) is 0. The minimum Gasteiger partial charge on any atom is -0.384 e. The first-order valence-corrected chi connectivity index (χ1v) is 5.09. The van der Waals surface area contributed by atoms with Crippen LogP contribution in [-0.4, -0.2) is 11.4 Å². The second-order valence-corrected chi connectivity index (χ2v) is 3.60. The van der Waals surface area contributed by atoms with Gasteiger partial charge in [0.2, 0.25) is 0 Å². The lowest BCUT2D eigenvalue weighted by Crippen LogP contribution is -1.99. The van der Waals surface area contributed by atoms with Crippen molar-refractivity contribution in [3.05, 3.63) is 71.3 Å². The number of hydrogen-bond acceptors (Lipinski definition) is 2. The van der Waals surface area contributed by atoms with E-state index in [-0.39, 0.29) is 0 Å². The molecule has 1 N–H and O–H groups in total. The van der Waals surface area contributed by atoms with E-state index in [1.54, 1.807) is 18.2 Å². The highest BCUT2D eigenvalue weighted by Crippen LogP contribution is 2.21. The molecular formula is C14H12O2. The maximum Gasteiger partial charge on any atom is 0.150 e. The molecule has 0 heterocycles. The van der Waals surface area contributed by atoms with Crippen molar-refractivity contribution in [1.82, 2.24) is 0 Å². The Hall–Kier alpha value is -1.93. The Bertz CT molecular complexity index is 477. The van der Waals surface area contributed by atoms with Crippen molar-refractivity contribution in [2.45, 2.75) is 6.10 Å². The van der Waals surface area contributed by atoms with Gasteiger partial charge in [0.25, 0.3) is 0 Å². The van der Waals surface area contributed by atoms with Crippen LogP contribution in [-0.2, 0) is 0 Å². The van der Waals surface area contributed by atoms with Crippen molar-refractivity contribution in [2.75, 3.05) is 0 Å². The van der Waals surface area contributed by atoms with Gasteiger partial charge in [-0.15, -0.1) is 0 Å². The summed E-state index contributed by atoms with van der Waals surface area (Å²) in [6, 6.07) is 16.4. The minimum atomic E-state index is -0.680. The van der Waals surface area contributed by atoms with Gasteiger partial charge < -0.3 is 5.11 Å². The second kappa shape index (κ2) is 4.73. The molecular weight excluding hydrogens is 200 g/mol. The highest BCUT2D eigenvalue weighted by molar-refractivity contribution is 5.75. The number of aliphatic hydroxyl groups excluding tert-OH is 1. The third-order valence-electron chi connectivity index (χ3n) is 2.48. The molecule has 2 heteroatoms. The second-order valence-electron chi connectivity index (χ2n) is 3.60. The Morgan fingerprint density at radius 3 is 2.31 bits per heavy atom. The first-order valence-electron chi connectivity index (χ1n) is 5.09. The molecule has 0 aromatic heterocycles. The van der Waals surface area contributed by atoms with E-state index < -0.39 is 6.10 Å². The summed E-state index contributed by atoms with van der Waals surface area (Å²) in [6.45, 7) is 0. The lowest BCUT2D eigenvalue weighted by molar-refractivity contribution is 0.112. The Balaban J connectivity index is 2.34. The molecule has 0 aliphatic heterocycles. The van der Waals surface area contributed by atoms with Crippen molar-refractivity contribution in [3.63, 3.8) is 0 Å². The minimum absolute atomic E-state index is 0.576. The van der Waals surface area contributed by atoms with Gasteiger partial charge in [-0.05, 0) is 17.2 Å². The summed E-state index contributed by atoms with van der Waals surface area (Å²) in [6.07, 6.45) is 0.0994. The Labute approximate surface area is 94.2 Å². The van der Waals surface area contributed by atoms with E-state index in [0.29, 0.717) is 5.56 Å². The Morgan fingerprint density at radius 2 is 1.62 bits per heavy atom. The smallest absolute Gasteiger partial charge is 0.150 e. The molecule has 2 aromatic rings. The van der Waals surface area contributed by atoms with Gasteiger partial charge in [-0.3, -0.25) is 4.79 Å². The molecule has 1 atom stereocenters. The van der Waals surface area contributed by atoms with Crippen LogP contribution in [0.25, 0.3) is 0 Å². The maximum atomic E-state index is 10.6. The lowest BCUT2D eigenvalue weighted by Gasteiger charge is -2.11. The van der Waals surface area contributed by atoms with E-state index in [4.69, 9.17) is 0 Å². The molecule has 80 valence electrons. The summed E-state index contributed by atoms with van der Waals surface area (Å²) < 4.78 is 0. The largest absolute Gasteiger partial charge is 0.384 e. The quantitative estimate of drug-likeness (QED) is 0.794. The normalized spacial score (nSPS) is 12.1. The zero-order chi connectivity index (χ0) is 11.4. The fraction of sp³-hybridized carbons (Fsp3) is 0.0714. The summed E-state index contributed by atoms with van der Waals surface area (Å²) in [5, 5.41) is 10.1. The summed E-state index contributed by atoms with van der Waals surface area (Å²) in [4.78, 5) is 10.6. The van der Waals surface area contributed by atoms with Crippen LogP contribution < -0.4 is 0 Å². The number of hydrogen-bond donors (Lipinski definition) is 1. The molecule has 2 rings (SSSR count). The van der Waals surface area contributed by atoms with Gasteiger partial charge >= 0.3 is 0 Å². The maximum absolute atomic E-state index is 10.6. The third-order valence-corrected chi connectivity index (χ3v) is 2.48. The average Bonchev–Trinajstić information content (AvgIpc) is 2.39. The van der Waals surface area contributed by atoms with Crippen LogP contribution in [0.15, 0.2) is 54.6 Å². The zero-order valence-electron chi connectivity index (χ0n) is 8.71. The van der Waals surface area contributed by atoms with Crippen molar-refractivity contribution in [3.8, 4) is 0 Å². The van der Waals surface area contributed by atoms with E-state index >= 15 is 0 Å². The van der Waals surface area contributed by atoms with Gasteiger partial charge in [0.05, 0.1) is 0 Å². The summed E-state index contributed by atoms with van der Waals surface area (Å²) in [5.74, 6) is 0. The van der Waals surface area contributed by atoms with Crippen LogP contribution in [0.5, 0.6) is 0 Å².